The highest BCUT2D eigenvalue weighted by atomic mass is 35.5. The summed E-state index contributed by atoms with van der Waals surface area (Å²) in [6.07, 6.45) is 3.96. The van der Waals surface area contributed by atoms with E-state index in [1.807, 2.05) is 0 Å². The first-order valence-corrected chi connectivity index (χ1v) is 3.74. The predicted molar refractivity (Wildman–Crippen MR) is 43.3 cm³/mol. The van der Waals surface area contributed by atoms with Gasteiger partial charge in [0.1, 0.15) is 5.57 Å². The normalized spacial score (nSPS) is 16.4. The molecule has 64 valence electrons. The Morgan fingerprint density at radius 2 is 2.33 bits per heavy atom. The fraction of sp³-hybridized carbons (Fsp3) is 0.286. The van der Waals surface area contributed by atoms with Crippen molar-refractivity contribution in [1.29, 1.82) is 0 Å². The molecule has 5 heteroatoms. The summed E-state index contributed by atoms with van der Waals surface area (Å²) in [5.74, 6) is 0. The summed E-state index contributed by atoms with van der Waals surface area (Å²) in [5.41, 5.74) is -0.0783. The van der Waals surface area contributed by atoms with E-state index in [1.165, 1.54) is 6.08 Å². The van der Waals surface area contributed by atoms with Crippen molar-refractivity contribution in [2.24, 2.45) is 0 Å². The lowest BCUT2D eigenvalue weighted by Crippen LogP contribution is -2.08. The first-order chi connectivity index (χ1) is 5.63. The lowest BCUT2D eigenvalue weighted by atomic mass is 10.0. The van der Waals surface area contributed by atoms with Crippen LogP contribution in [0.25, 0.3) is 0 Å². The van der Waals surface area contributed by atoms with Gasteiger partial charge in [-0.1, -0.05) is 6.08 Å². The monoisotopic (exact) mass is 187 g/mol. The largest absolute Gasteiger partial charge is 0.275 e. The first-order valence-electron chi connectivity index (χ1n) is 3.37. The molecular formula is C7H6ClNO3. The Bertz CT molecular complexity index is 293. The molecule has 0 aromatic carbocycles. The molecule has 0 atom stereocenters. The average molecular weight is 188 g/mol. The van der Waals surface area contributed by atoms with Gasteiger partial charge in [-0.25, -0.2) is 0 Å². The van der Waals surface area contributed by atoms with E-state index in [0.29, 0.717) is 6.42 Å². The third kappa shape index (κ3) is 1.71. The zero-order valence-corrected chi connectivity index (χ0v) is 6.87. The summed E-state index contributed by atoms with van der Waals surface area (Å²) in [5, 5.41) is 9.61. The standard InChI is InChI=1S/C7H6ClNO3/c8-7(10)5-3-1-2-4-6(5)9(11)12/h1,3H,2,4H2. The Hall–Kier alpha value is -1.16. The van der Waals surface area contributed by atoms with Crippen molar-refractivity contribution in [3.05, 3.63) is 33.5 Å². The van der Waals surface area contributed by atoms with Gasteiger partial charge in [0.2, 0.25) is 0 Å². The van der Waals surface area contributed by atoms with Gasteiger partial charge in [-0.15, -0.1) is 0 Å². The van der Waals surface area contributed by atoms with Crippen LogP contribution in [0.2, 0.25) is 0 Å². The van der Waals surface area contributed by atoms with E-state index in [1.54, 1.807) is 6.08 Å². The summed E-state index contributed by atoms with van der Waals surface area (Å²) in [6, 6.07) is 0. The number of carbonyl (C=O) groups is 1. The van der Waals surface area contributed by atoms with Crippen LogP contribution in [0, 0.1) is 10.1 Å². The fourth-order valence-corrected chi connectivity index (χ4v) is 1.19. The number of carbonyl (C=O) groups excluding carboxylic acids is 1. The molecule has 0 saturated carbocycles. The quantitative estimate of drug-likeness (QED) is 0.375. The lowest BCUT2D eigenvalue weighted by molar-refractivity contribution is -0.428. The van der Waals surface area contributed by atoms with Gasteiger partial charge in [-0.2, -0.15) is 0 Å². The molecule has 1 aliphatic carbocycles. The van der Waals surface area contributed by atoms with Gasteiger partial charge in [0.25, 0.3) is 10.9 Å². The van der Waals surface area contributed by atoms with E-state index in [0.717, 1.165) is 0 Å². The summed E-state index contributed by atoms with van der Waals surface area (Å²) in [6.45, 7) is 0. The Balaban J connectivity index is 3.08. The summed E-state index contributed by atoms with van der Waals surface area (Å²) in [4.78, 5) is 20.5. The Morgan fingerprint density at radius 3 is 2.75 bits per heavy atom. The molecule has 0 amide bonds. The molecule has 0 unspecified atom stereocenters. The molecule has 0 fully saturated rings. The Morgan fingerprint density at radius 1 is 1.67 bits per heavy atom. The van der Waals surface area contributed by atoms with Gasteiger partial charge in [0, 0.05) is 6.42 Å². The van der Waals surface area contributed by atoms with Crippen LogP contribution >= 0.6 is 11.6 Å². The maximum atomic E-state index is 10.7. The number of rotatable bonds is 2. The molecule has 1 rings (SSSR count). The van der Waals surface area contributed by atoms with Crippen molar-refractivity contribution in [2.45, 2.75) is 12.8 Å². The molecule has 0 aliphatic heterocycles. The summed E-state index contributed by atoms with van der Waals surface area (Å²) in [7, 11) is 0. The summed E-state index contributed by atoms with van der Waals surface area (Å²) < 4.78 is 0. The van der Waals surface area contributed by atoms with Crippen molar-refractivity contribution < 1.29 is 9.72 Å². The third-order valence-corrected chi connectivity index (χ3v) is 1.78. The molecule has 0 heterocycles. The molecule has 0 spiro atoms. The molecule has 0 aromatic heterocycles. The third-order valence-electron chi connectivity index (χ3n) is 1.58. The van der Waals surface area contributed by atoms with Crippen LogP contribution in [0.1, 0.15) is 12.8 Å². The van der Waals surface area contributed by atoms with Gasteiger partial charge in [-0.3, -0.25) is 14.9 Å². The molecule has 0 N–H and O–H groups in total. The number of allylic oxidation sites excluding steroid dienone is 4. The van der Waals surface area contributed by atoms with Crippen LogP contribution in [0.3, 0.4) is 0 Å². The molecule has 12 heavy (non-hydrogen) atoms. The van der Waals surface area contributed by atoms with Gasteiger partial charge in [-0.05, 0) is 24.1 Å². The van der Waals surface area contributed by atoms with Gasteiger partial charge in [0.15, 0.2) is 0 Å². The minimum atomic E-state index is -0.766. The van der Waals surface area contributed by atoms with Crippen molar-refractivity contribution in [1.82, 2.24) is 0 Å². The Kier molecular flexibility index (Phi) is 2.60. The number of hydrogen-bond acceptors (Lipinski definition) is 3. The highest BCUT2D eigenvalue weighted by Crippen LogP contribution is 2.20. The minimum absolute atomic E-state index is 0.00733. The van der Waals surface area contributed by atoms with E-state index in [4.69, 9.17) is 11.6 Å². The van der Waals surface area contributed by atoms with E-state index >= 15 is 0 Å². The maximum absolute atomic E-state index is 10.7. The molecule has 0 bridgehead atoms. The van der Waals surface area contributed by atoms with Crippen LogP contribution in [0.15, 0.2) is 23.4 Å². The van der Waals surface area contributed by atoms with Crippen molar-refractivity contribution in [3.63, 3.8) is 0 Å². The maximum Gasteiger partial charge on any atom is 0.258 e. The molecule has 0 radical (unpaired) electrons. The van der Waals surface area contributed by atoms with Crippen molar-refractivity contribution in [3.8, 4) is 0 Å². The van der Waals surface area contributed by atoms with E-state index < -0.39 is 10.2 Å². The second-order valence-electron chi connectivity index (χ2n) is 2.33. The zero-order valence-electron chi connectivity index (χ0n) is 6.12. The first kappa shape index (κ1) is 8.93. The van der Waals surface area contributed by atoms with E-state index in [2.05, 4.69) is 0 Å². The van der Waals surface area contributed by atoms with Gasteiger partial charge >= 0.3 is 0 Å². The van der Waals surface area contributed by atoms with Crippen LogP contribution in [0.4, 0.5) is 0 Å². The SMILES string of the molecule is O=C(Cl)C1=C([N+](=O)[O-])CCC=C1. The topological polar surface area (TPSA) is 60.2 Å². The van der Waals surface area contributed by atoms with Crippen LogP contribution in [-0.4, -0.2) is 10.2 Å². The number of halogens is 1. The lowest BCUT2D eigenvalue weighted by Gasteiger charge is -2.04. The number of hydrogen-bond donors (Lipinski definition) is 0. The average Bonchev–Trinajstić information content (AvgIpc) is 2.04. The fourth-order valence-electron chi connectivity index (χ4n) is 1.02. The van der Waals surface area contributed by atoms with Crippen LogP contribution in [-0.2, 0) is 4.79 Å². The molecule has 1 aliphatic rings. The van der Waals surface area contributed by atoms with Crippen molar-refractivity contribution >= 4 is 16.8 Å². The number of nitrogens with zero attached hydrogens (tertiary/aromatic N) is 1. The second-order valence-corrected chi connectivity index (χ2v) is 2.68. The molecule has 0 aromatic rings. The highest BCUT2D eigenvalue weighted by Gasteiger charge is 2.22. The number of nitro groups is 1. The summed E-state index contributed by atoms with van der Waals surface area (Å²) >= 11 is 5.14. The highest BCUT2D eigenvalue weighted by molar-refractivity contribution is 6.68. The zero-order chi connectivity index (χ0) is 9.14. The molecular weight excluding hydrogens is 182 g/mol. The van der Waals surface area contributed by atoms with Gasteiger partial charge in [0.05, 0.1) is 4.92 Å². The van der Waals surface area contributed by atoms with Gasteiger partial charge < -0.3 is 0 Å². The van der Waals surface area contributed by atoms with Crippen LogP contribution < -0.4 is 0 Å². The second kappa shape index (κ2) is 3.49. The van der Waals surface area contributed by atoms with Crippen LogP contribution in [0.5, 0.6) is 0 Å². The van der Waals surface area contributed by atoms with Crippen molar-refractivity contribution in [2.75, 3.05) is 0 Å². The Labute approximate surface area is 73.7 Å². The predicted octanol–water partition coefficient (Wildman–Crippen LogP) is 1.63. The van der Waals surface area contributed by atoms with E-state index in [-0.39, 0.29) is 17.7 Å². The molecule has 0 saturated heterocycles. The minimum Gasteiger partial charge on any atom is -0.275 e. The molecule has 4 nitrogen and oxygen atoms in total. The smallest absolute Gasteiger partial charge is 0.258 e. The van der Waals surface area contributed by atoms with E-state index in [9.17, 15) is 14.9 Å².